The van der Waals surface area contributed by atoms with Gasteiger partial charge < -0.3 is 10.1 Å². The molecule has 112 valence electrons. The number of aromatic nitrogens is 1. The van der Waals surface area contributed by atoms with E-state index >= 15 is 0 Å². The fourth-order valence-corrected chi connectivity index (χ4v) is 2.96. The molecule has 0 spiro atoms. The van der Waals surface area contributed by atoms with E-state index in [2.05, 4.69) is 15.6 Å². The molecular weight excluding hydrogens is 298 g/mol. The summed E-state index contributed by atoms with van der Waals surface area (Å²) < 4.78 is 6.15. The molecule has 0 aliphatic heterocycles. The molecule has 0 radical (unpaired) electrons. The molecule has 0 saturated carbocycles. The van der Waals surface area contributed by atoms with Crippen LogP contribution in [-0.4, -0.2) is 18.1 Å². The number of amides is 2. The second-order valence-corrected chi connectivity index (χ2v) is 5.83. The zero-order chi connectivity index (χ0) is 15.5. The molecule has 3 aromatic rings. The summed E-state index contributed by atoms with van der Waals surface area (Å²) in [4.78, 5) is 16.4. The average molecular weight is 313 g/mol. The Labute approximate surface area is 131 Å². The highest BCUT2D eigenvalue weighted by Gasteiger charge is 2.08. The molecule has 5 nitrogen and oxygen atoms in total. The Morgan fingerprint density at radius 1 is 1.18 bits per heavy atom. The summed E-state index contributed by atoms with van der Waals surface area (Å²) in [5.74, 6) is 0.770. The van der Waals surface area contributed by atoms with Crippen molar-refractivity contribution in [3.63, 3.8) is 0 Å². The fourth-order valence-electron chi connectivity index (χ4n) is 2.07. The predicted octanol–water partition coefficient (Wildman–Crippen LogP) is 4.26. The third-order valence-electron chi connectivity index (χ3n) is 3.09. The Bertz CT molecular complexity index is 829. The van der Waals surface area contributed by atoms with Gasteiger partial charge in [0.25, 0.3) is 0 Å². The van der Waals surface area contributed by atoms with Crippen LogP contribution in [0.2, 0.25) is 0 Å². The number of hydrogen-bond donors (Lipinski definition) is 2. The number of rotatable bonds is 3. The number of benzene rings is 2. The smallest absolute Gasteiger partial charge is 0.325 e. The van der Waals surface area contributed by atoms with Gasteiger partial charge in [-0.2, -0.15) is 0 Å². The molecule has 3 rings (SSSR count). The number of methoxy groups -OCH3 is 1. The highest BCUT2D eigenvalue weighted by Crippen LogP contribution is 2.29. The van der Waals surface area contributed by atoms with Gasteiger partial charge in [-0.15, -0.1) is 0 Å². The lowest BCUT2D eigenvalue weighted by Crippen LogP contribution is -2.19. The third-order valence-corrected chi connectivity index (χ3v) is 4.03. The number of nitrogens with one attached hydrogen (secondary N) is 2. The first kappa shape index (κ1) is 14.3. The topological polar surface area (TPSA) is 63.2 Å². The number of thiazole rings is 1. The number of hydrogen-bond acceptors (Lipinski definition) is 4. The molecule has 6 heteroatoms. The number of anilines is 2. The summed E-state index contributed by atoms with van der Waals surface area (Å²) in [5, 5.41) is 6.09. The quantitative estimate of drug-likeness (QED) is 0.759. The van der Waals surface area contributed by atoms with Crippen LogP contribution in [0.3, 0.4) is 0 Å². The Hall–Kier alpha value is -2.60. The second kappa shape index (κ2) is 6.03. The van der Waals surface area contributed by atoms with Gasteiger partial charge in [-0.25, -0.2) is 9.78 Å². The van der Waals surface area contributed by atoms with Crippen LogP contribution in [0.15, 0.2) is 42.5 Å². The number of ether oxygens (including phenoxy) is 1. The van der Waals surface area contributed by atoms with Crippen molar-refractivity contribution in [1.82, 2.24) is 4.98 Å². The minimum atomic E-state index is -0.309. The van der Waals surface area contributed by atoms with Crippen molar-refractivity contribution >= 4 is 38.4 Å². The van der Waals surface area contributed by atoms with Gasteiger partial charge in [0.2, 0.25) is 0 Å². The van der Waals surface area contributed by atoms with E-state index in [9.17, 15) is 4.79 Å². The number of urea groups is 1. The van der Waals surface area contributed by atoms with Gasteiger partial charge in [-0.1, -0.05) is 23.5 Å². The molecule has 0 atom stereocenters. The molecule has 1 heterocycles. The van der Waals surface area contributed by atoms with E-state index in [4.69, 9.17) is 4.74 Å². The van der Waals surface area contributed by atoms with Crippen LogP contribution >= 0.6 is 11.3 Å². The van der Waals surface area contributed by atoms with Gasteiger partial charge >= 0.3 is 6.03 Å². The monoisotopic (exact) mass is 313 g/mol. The van der Waals surface area contributed by atoms with Gasteiger partial charge in [0.1, 0.15) is 5.75 Å². The second-order valence-electron chi connectivity index (χ2n) is 4.80. The van der Waals surface area contributed by atoms with Gasteiger partial charge in [0, 0.05) is 5.69 Å². The van der Waals surface area contributed by atoms with Crippen molar-refractivity contribution in [2.24, 2.45) is 0 Å². The van der Waals surface area contributed by atoms with Crippen molar-refractivity contribution in [2.75, 3.05) is 17.7 Å². The molecule has 0 fully saturated rings. The van der Waals surface area contributed by atoms with Crippen molar-refractivity contribution in [3.05, 3.63) is 48.0 Å². The first-order valence-electron chi connectivity index (χ1n) is 6.73. The summed E-state index contributed by atoms with van der Waals surface area (Å²) in [5.41, 5.74) is 2.67. The number of carbonyl (C=O) groups is 1. The first-order chi connectivity index (χ1) is 10.6. The lowest BCUT2D eigenvalue weighted by molar-refractivity contribution is 0.262. The van der Waals surface area contributed by atoms with Crippen molar-refractivity contribution < 1.29 is 9.53 Å². The van der Waals surface area contributed by atoms with E-state index in [0.717, 1.165) is 27.2 Å². The SMILES string of the molecule is COc1ccc2nc(NC(=O)Nc3cccc(C)c3)sc2c1. The summed E-state index contributed by atoms with van der Waals surface area (Å²) in [7, 11) is 1.62. The van der Waals surface area contributed by atoms with Crippen molar-refractivity contribution in [2.45, 2.75) is 6.92 Å². The standard InChI is InChI=1S/C16H15N3O2S/c1-10-4-3-5-11(8-10)17-15(20)19-16-18-13-7-6-12(21-2)9-14(13)22-16/h3-9H,1-2H3,(H2,17,18,19,20). The van der Waals surface area contributed by atoms with E-state index in [1.165, 1.54) is 11.3 Å². The number of carbonyl (C=O) groups excluding carboxylic acids is 1. The number of nitrogens with zero attached hydrogens (tertiary/aromatic N) is 1. The Kier molecular flexibility index (Phi) is 3.93. The van der Waals surface area contributed by atoms with E-state index in [0.29, 0.717) is 5.13 Å². The van der Waals surface area contributed by atoms with Crippen LogP contribution in [0.1, 0.15) is 5.56 Å². The number of fused-ring (bicyclic) bond motifs is 1. The van der Waals surface area contributed by atoms with E-state index in [1.54, 1.807) is 7.11 Å². The molecular formula is C16H15N3O2S. The van der Waals surface area contributed by atoms with Crippen LogP contribution in [0, 0.1) is 6.92 Å². The van der Waals surface area contributed by atoms with Gasteiger partial charge in [-0.3, -0.25) is 5.32 Å². The predicted molar refractivity (Wildman–Crippen MR) is 90.0 cm³/mol. The Morgan fingerprint density at radius 2 is 2.05 bits per heavy atom. The summed E-state index contributed by atoms with van der Waals surface area (Å²) in [6.45, 7) is 1.98. The van der Waals surface area contributed by atoms with Gasteiger partial charge in [0.15, 0.2) is 5.13 Å². The van der Waals surface area contributed by atoms with Gasteiger partial charge in [0.05, 0.1) is 17.3 Å². The maximum atomic E-state index is 12.0. The average Bonchev–Trinajstić information content (AvgIpc) is 2.87. The zero-order valence-electron chi connectivity index (χ0n) is 12.2. The molecule has 2 N–H and O–H groups in total. The highest BCUT2D eigenvalue weighted by atomic mass is 32.1. The zero-order valence-corrected chi connectivity index (χ0v) is 13.0. The van der Waals surface area contributed by atoms with Crippen molar-refractivity contribution in [3.8, 4) is 5.75 Å². The lowest BCUT2D eigenvalue weighted by atomic mass is 10.2. The number of aryl methyl sites for hydroxylation is 1. The largest absolute Gasteiger partial charge is 0.497 e. The Balaban J connectivity index is 1.73. The maximum Gasteiger partial charge on any atom is 0.325 e. The molecule has 0 bridgehead atoms. The van der Waals surface area contributed by atoms with Gasteiger partial charge in [-0.05, 0) is 42.8 Å². The maximum absolute atomic E-state index is 12.0. The molecule has 0 aliphatic rings. The van der Waals surface area contributed by atoms with Crippen LogP contribution in [0.4, 0.5) is 15.6 Å². The van der Waals surface area contributed by atoms with E-state index in [1.807, 2.05) is 49.4 Å². The minimum absolute atomic E-state index is 0.309. The van der Waals surface area contributed by atoms with Crippen LogP contribution in [0.25, 0.3) is 10.2 Å². The normalized spacial score (nSPS) is 10.5. The highest BCUT2D eigenvalue weighted by molar-refractivity contribution is 7.22. The Morgan fingerprint density at radius 3 is 2.82 bits per heavy atom. The molecule has 0 saturated heterocycles. The molecule has 1 aromatic heterocycles. The van der Waals surface area contributed by atoms with Crippen LogP contribution in [-0.2, 0) is 0 Å². The summed E-state index contributed by atoms with van der Waals surface area (Å²) >= 11 is 1.41. The minimum Gasteiger partial charge on any atom is -0.497 e. The van der Waals surface area contributed by atoms with Crippen LogP contribution in [0.5, 0.6) is 5.75 Å². The molecule has 22 heavy (non-hydrogen) atoms. The summed E-state index contributed by atoms with van der Waals surface area (Å²) in [6, 6.07) is 12.9. The van der Waals surface area contributed by atoms with E-state index < -0.39 is 0 Å². The summed E-state index contributed by atoms with van der Waals surface area (Å²) in [6.07, 6.45) is 0. The third kappa shape index (κ3) is 3.17. The van der Waals surface area contributed by atoms with E-state index in [-0.39, 0.29) is 6.03 Å². The molecule has 0 aliphatic carbocycles. The molecule has 0 unspecified atom stereocenters. The molecule has 2 aromatic carbocycles. The fraction of sp³-hybridized carbons (Fsp3) is 0.125. The molecule has 2 amide bonds. The lowest BCUT2D eigenvalue weighted by Gasteiger charge is -2.05. The van der Waals surface area contributed by atoms with Crippen molar-refractivity contribution in [1.29, 1.82) is 0 Å². The first-order valence-corrected chi connectivity index (χ1v) is 7.55. The van der Waals surface area contributed by atoms with Crippen LogP contribution < -0.4 is 15.4 Å².